The lowest BCUT2D eigenvalue weighted by Gasteiger charge is -2.22. The van der Waals surface area contributed by atoms with E-state index in [-0.39, 0.29) is 30.2 Å². The minimum absolute atomic E-state index is 0.0555. The number of benzene rings is 1. The van der Waals surface area contributed by atoms with Crippen LogP contribution in [0.2, 0.25) is 5.02 Å². The number of hydrogen-bond donors (Lipinski definition) is 3. The topological polar surface area (TPSA) is 149 Å². The van der Waals surface area contributed by atoms with Crippen molar-refractivity contribution >= 4 is 33.4 Å². The Morgan fingerprint density at radius 3 is 2.82 bits per heavy atom. The van der Waals surface area contributed by atoms with Gasteiger partial charge in [0, 0.05) is 41.8 Å². The van der Waals surface area contributed by atoms with Crippen molar-refractivity contribution in [2.24, 2.45) is 11.1 Å². The minimum Gasteiger partial charge on any atom is -0.391 e. The van der Waals surface area contributed by atoms with Crippen molar-refractivity contribution in [3.8, 4) is 0 Å². The van der Waals surface area contributed by atoms with E-state index in [1.807, 2.05) is 18.2 Å². The molecule has 12 heteroatoms. The summed E-state index contributed by atoms with van der Waals surface area (Å²) in [6.07, 6.45) is 4.17. The summed E-state index contributed by atoms with van der Waals surface area (Å²) in [5.74, 6) is -0.812. The molecule has 0 amide bonds. The number of anilines is 1. The molecule has 0 saturated heterocycles. The number of nitrogens with zero attached hydrogens (tertiary/aromatic N) is 3. The second kappa shape index (κ2) is 11.5. The number of nitrogens with two attached hydrogens (primary N) is 1. The zero-order valence-corrected chi connectivity index (χ0v) is 20.0. The third-order valence-corrected chi connectivity index (χ3v) is 5.89. The van der Waals surface area contributed by atoms with Crippen LogP contribution < -0.4 is 10.5 Å². The molecule has 0 fully saturated rings. The van der Waals surface area contributed by atoms with Crippen LogP contribution in [0.1, 0.15) is 35.0 Å². The average Bonchev–Trinajstić information content (AvgIpc) is 3.25. The first-order chi connectivity index (χ1) is 16.2. The van der Waals surface area contributed by atoms with Crippen LogP contribution in [0, 0.1) is 5.92 Å². The number of carbonyl (C=O) groups is 1. The van der Waals surface area contributed by atoms with Crippen LogP contribution in [0.3, 0.4) is 0 Å². The van der Waals surface area contributed by atoms with Crippen LogP contribution in [0.4, 0.5) is 5.69 Å². The number of ketones is 1. The van der Waals surface area contributed by atoms with Crippen molar-refractivity contribution in [1.82, 2.24) is 14.8 Å². The quantitative estimate of drug-likeness (QED) is 0.316. The highest BCUT2D eigenvalue weighted by atomic mass is 35.5. The van der Waals surface area contributed by atoms with E-state index in [2.05, 4.69) is 19.6 Å². The molecule has 2 atom stereocenters. The summed E-state index contributed by atoms with van der Waals surface area (Å²) in [4.78, 5) is 17.1. The van der Waals surface area contributed by atoms with Crippen molar-refractivity contribution in [2.75, 3.05) is 18.5 Å². The van der Waals surface area contributed by atoms with Gasteiger partial charge < -0.3 is 10.4 Å². The van der Waals surface area contributed by atoms with Gasteiger partial charge in [-0.1, -0.05) is 30.7 Å². The van der Waals surface area contributed by atoms with Gasteiger partial charge in [0.2, 0.25) is 5.78 Å². The first-order valence-electron chi connectivity index (χ1n) is 10.5. The van der Waals surface area contributed by atoms with Gasteiger partial charge in [0.25, 0.3) is 0 Å². The number of aliphatic hydroxyl groups excluding tert-OH is 1. The first-order valence-corrected chi connectivity index (χ1v) is 12.4. The van der Waals surface area contributed by atoms with E-state index in [0.29, 0.717) is 23.7 Å². The van der Waals surface area contributed by atoms with E-state index in [0.717, 1.165) is 5.56 Å². The van der Waals surface area contributed by atoms with E-state index in [1.165, 1.54) is 12.4 Å². The van der Waals surface area contributed by atoms with Crippen molar-refractivity contribution < 1.29 is 22.5 Å². The Kier molecular flexibility index (Phi) is 8.75. The van der Waals surface area contributed by atoms with E-state index < -0.39 is 22.3 Å². The minimum atomic E-state index is -4.10. The number of hydrogen-bond acceptors (Lipinski definition) is 8. The van der Waals surface area contributed by atoms with Crippen LogP contribution in [-0.2, 0) is 21.0 Å². The Morgan fingerprint density at radius 2 is 2.12 bits per heavy atom. The molecule has 2 aromatic heterocycles. The fourth-order valence-corrected chi connectivity index (χ4v) is 3.90. The Hall–Kier alpha value is -2.83. The number of aromatic nitrogens is 3. The molecule has 10 nitrogen and oxygen atoms in total. The predicted molar refractivity (Wildman–Crippen MR) is 128 cm³/mol. The fourth-order valence-electron chi connectivity index (χ4n) is 3.33. The molecule has 182 valence electrons. The van der Waals surface area contributed by atoms with Crippen molar-refractivity contribution in [3.63, 3.8) is 0 Å². The van der Waals surface area contributed by atoms with E-state index >= 15 is 0 Å². The number of carbonyl (C=O) groups excluding carboxylic acids is 1. The van der Waals surface area contributed by atoms with Gasteiger partial charge in [0.15, 0.2) is 0 Å². The molecule has 34 heavy (non-hydrogen) atoms. The molecule has 0 aliphatic rings. The lowest BCUT2D eigenvalue weighted by Crippen LogP contribution is -2.33. The van der Waals surface area contributed by atoms with Crippen molar-refractivity contribution in [1.29, 1.82) is 0 Å². The number of nitrogens with one attached hydrogen (secondary N) is 1. The molecule has 0 aliphatic carbocycles. The Balaban J connectivity index is 1.67. The second-order valence-electron chi connectivity index (χ2n) is 7.67. The van der Waals surface area contributed by atoms with Gasteiger partial charge in [-0.25, -0.2) is 5.14 Å². The van der Waals surface area contributed by atoms with Crippen LogP contribution in [0.5, 0.6) is 0 Å². The maximum Gasteiger partial charge on any atom is 0.333 e. The van der Waals surface area contributed by atoms with Gasteiger partial charge >= 0.3 is 10.3 Å². The van der Waals surface area contributed by atoms with Crippen LogP contribution in [-0.4, -0.2) is 53.3 Å². The van der Waals surface area contributed by atoms with Gasteiger partial charge in [-0.15, -0.1) is 0 Å². The summed E-state index contributed by atoms with van der Waals surface area (Å²) >= 11 is 6.03. The van der Waals surface area contributed by atoms with Gasteiger partial charge in [0.05, 0.1) is 24.8 Å². The largest absolute Gasteiger partial charge is 0.391 e. The monoisotopic (exact) mass is 507 g/mol. The molecule has 3 rings (SSSR count). The summed E-state index contributed by atoms with van der Waals surface area (Å²) in [6.45, 7) is 2.06. The summed E-state index contributed by atoms with van der Waals surface area (Å²) in [7, 11) is -4.10. The standard InChI is InChI=1S/C22H26ClN5O5S/c1-2-16(14-33-34(24,31)32)21(29)12-26-19-6-8-25-11-18(19)22(30)20-7-9-28(27-20)13-15-4-3-5-17(23)10-15/h3-11,16,21,29H,2,12-14H2,1H3,(H,25,26)(H2,24,31,32)/t16-,21+/m1/s1. The molecule has 0 radical (unpaired) electrons. The molecular weight excluding hydrogens is 482 g/mol. The number of rotatable bonds is 12. The van der Waals surface area contributed by atoms with Crippen LogP contribution >= 0.6 is 11.6 Å². The first kappa shape index (κ1) is 25.8. The number of pyridine rings is 1. The normalized spacial score (nSPS) is 13.4. The molecule has 0 bridgehead atoms. The van der Waals surface area contributed by atoms with Crippen LogP contribution in [0.25, 0.3) is 0 Å². The predicted octanol–water partition coefficient (Wildman–Crippen LogP) is 2.23. The summed E-state index contributed by atoms with van der Waals surface area (Å²) in [5.41, 5.74) is 1.94. The average molecular weight is 508 g/mol. The fraction of sp³-hybridized carbons (Fsp3) is 0.318. The maximum atomic E-state index is 13.1. The maximum absolute atomic E-state index is 13.1. The smallest absolute Gasteiger partial charge is 0.333 e. The summed E-state index contributed by atoms with van der Waals surface area (Å²) in [6, 6.07) is 10.6. The molecule has 2 heterocycles. The Bertz CT molecular complexity index is 1230. The molecule has 3 aromatic rings. The van der Waals surface area contributed by atoms with Gasteiger partial charge in [0.1, 0.15) is 5.69 Å². The highest BCUT2D eigenvalue weighted by Gasteiger charge is 2.22. The molecule has 0 saturated carbocycles. The highest BCUT2D eigenvalue weighted by Crippen LogP contribution is 2.19. The summed E-state index contributed by atoms with van der Waals surface area (Å²) < 4.78 is 28.3. The SMILES string of the molecule is CC[C@H](COS(N)(=O)=O)[C@@H](O)CNc1ccncc1C(=O)c1ccn(Cc2cccc(Cl)c2)n1. The molecule has 1 aromatic carbocycles. The lowest BCUT2D eigenvalue weighted by atomic mass is 10.0. The van der Waals surface area contributed by atoms with Gasteiger partial charge in [-0.2, -0.15) is 13.5 Å². The zero-order chi connectivity index (χ0) is 24.7. The Labute approximate surface area is 203 Å². The van der Waals surface area contributed by atoms with E-state index in [4.69, 9.17) is 16.7 Å². The molecule has 4 N–H and O–H groups in total. The highest BCUT2D eigenvalue weighted by molar-refractivity contribution is 7.84. The molecule has 0 aliphatic heterocycles. The molecular formula is C22H26ClN5O5S. The van der Waals surface area contributed by atoms with Gasteiger partial charge in [-0.05, 0) is 36.2 Å². The summed E-state index contributed by atoms with van der Waals surface area (Å²) in [5, 5.41) is 23.4. The van der Waals surface area contributed by atoms with Crippen molar-refractivity contribution in [2.45, 2.75) is 26.0 Å². The van der Waals surface area contributed by atoms with Crippen LogP contribution in [0.15, 0.2) is 55.0 Å². The second-order valence-corrected chi connectivity index (χ2v) is 9.33. The number of halogens is 1. The molecule has 0 spiro atoms. The molecule has 0 unspecified atom stereocenters. The van der Waals surface area contributed by atoms with Gasteiger partial charge in [-0.3, -0.25) is 18.6 Å². The van der Waals surface area contributed by atoms with E-state index in [1.54, 1.807) is 36.0 Å². The lowest BCUT2D eigenvalue weighted by molar-refractivity contribution is 0.0839. The third-order valence-electron chi connectivity index (χ3n) is 5.19. The zero-order valence-electron chi connectivity index (χ0n) is 18.5. The van der Waals surface area contributed by atoms with Crippen molar-refractivity contribution in [3.05, 3.63) is 76.8 Å². The number of aliphatic hydroxyl groups is 1. The Morgan fingerprint density at radius 1 is 1.32 bits per heavy atom. The third kappa shape index (κ3) is 7.34. The van der Waals surface area contributed by atoms with E-state index in [9.17, 15) is 18.3 Å².